The third kappa shape index (κ3) is 5.72. The minimum absolute atomic E-state index is 0.143. The van der Waals surface area contributed by atoms with Crippen LogP contribution in [0.3, 0.4) is 0 Å². The van der Waals surface area contributed by atoms with Crippen molar-refractivity contribution in [2.45, 2.75) is 31.5 Å². The number of carbonyl (C=O) groups is 2. The maximum Gasteiger partial charge on any atom is 0.408 e. The summed E-state index contributed by atoms with van der Waals surface area (Å²) in [5, 5.41) is 16.4. The van der Waals surface area contributed by atoms with E-state index in [0.717, 1.165) is 22.0 Å². The topological polar surface area (TPSA) is 103 Å². The molecule has 3 aromatic carbocycles. The van der Waals surface area contributed by atoms with Gasteiger partial charge in [0.2, 0.25) is 5.91 Å². The number of rotatable bonds is 9. The summed E-state index contributed by atoms with van der Waals surface area (Å²) in [6.45, 7) is 0.983. The van der Waals surface area contributed by atoms with E-state index in [1.54, 1.807) is 37.4 Å². The predicted octanol–water partition coefficient (Wildman–Crippen LogP) is 4.38. The molecular weight excluding hydrogens is 461 g/mol. The van der Waals surface area contributed by atoms with E-state index in [-0.39, 0.29) is 25.2 Å². The van der Waals surface area contributed by atoms with E-state index < -0.39 is 29.4 Å². The van der Waals surface area contributed by atoms with Crippen LogP contribution in [0.15, 0.2) is 85.1 Å². The van der Waals surface area contributed by atoms with Gasteiger partial charge in [0.15, 0.2) is 0 Å². The quantitative estimate of drug-likeness (QED) is 0.280. The number of aromatic nitrogens is 1. The summed E-state index contributed by atoms with van der Waals surface area (Å²) in [4.78, 5) is 29.5. The van der Waals surface area contributed by atoms with Gasteiger partial charge in [-0.3, -0.25) is 4.79 Å². The second-order valence-corrected chi connectivity index (χ2v) is 8.78. The van der Waals surface area contributed by atoms with E-state index in [1.807, 2.05) is 42.5 Å². The van der Waals surface area contributed by atoms with Crippen molar-refractivity contribution in [3.8, 4) is 0 Å². The van der Waals surface area contributed by atoms with Crippen LogP contribution in [0.25, 0.3) is 10.9 Å². The summed E-state index contributed by atoms with van der Waals surface area (Å²) in [5.41, 5.74) is 1.22. The molecule has 4 aromatic rings. The lowest BCUT2D eigenvalue weighted by atomic mass is 9.91. The maximum atomic E-state index is 13.9. The molecular formula is C28H28FN3O4. The minimum atomic E-state index is -1.44. The third-order valence-electron chi connectivity index (χ3n) is 6.10. The highest BCUT2D eigenvalue weighted by Crippen LogP contribution is 2.24. The molecule has 0 aliphatic heterocycles. The lowest BCUT2D eigenvalue weighted by Crippen LogP contribution is -2.59. The van der Waals surface area contributed by atoms with Gasteiger partial charge in [0.05, 0.1) is 12.6 Å². The lowest BCUT2D eigenvalue weighted by Gasteiger charge is -2.31. The fourth-order valence-electron chi connectivity index (χ4n) is 4.10. The Kier molecular flexibility index (Phi) is 7.65. The van der Waals surface area contributed by atoms with Crippen molar-refractivity contribution in [1.82, 2.24) is 15.6 Å². The number of halogens is 1. The van der Waals surface area contributed by atoms with E-state index in [9.17, 15) is 19.1 Å². The Morgan fingerprint density at radius 1 is 1.00 bits per heavy atom. The van der Waals surface area contributed by atoms with Gasteiger partial charge in [-0.15, -0.1) is 0 Å². The molecule has 4 N–H and O–H groups in total. The standard InChI is InChI=1S/C28H28FN3O4/c1-28(15-21-16-30-24-14-8-6-12-22(21)24,26(34)31-25(17-33)19-9-3-2-4-10-19)32-27(35)36-18-20-11-5-7-13-23(20)29/h2-14,16,25,30,33H,15,17-18H2,1H3,(H,31,34)(H,32,35). The molecule has 0 aliphatic carbocycles. The molecule has 8 heteroatoms. The molecule has 186 valence electrons. The Hall–Kier alpha value is -4.17. The molecule has 0 radical (unpaired) electrons. The summed E-state index contributed by atoms with van der Waals surface area (Å²) in [7, 11) is 0. The molecule has 1 aromatic heterocycles. The number of aromatic amines is 1. The number of aliphatic hydroxyl groups is 1. The molecule has 0 fully saturated rings. The van der Waals surface area contributed by atoms with Crippen LogP contribution in [0.1, 0.15) is 29.7 Å². The fraction of sp³-hybridized carbons (Fsp3) is 0.214. The van der Waals surface area contributed by atoms with Gasteiger partial charge in [0, 0.05) is 29.1 Å². The third-order valence-corrected chi connectivity index (χ3v) is 6.10. The first-order chi connectivity index (χ1) is 17.4. The van der Waals surface area contributed by atoms with Gasteiger partial charge in [-0.2, -0.15) is 0 Å². The molecule has 0 saturated heterocycles. The fourth-order valence-corrected chi connectivity index (χ4v) is 4.10. The number of nitrogens with one attached hydrogen (secondary N) is 3. The average molecular weight is 490 g/mol. The molecule has 4 rings (SSSR count). The molecule has 0 bridgehead atoms. The van der Waals surface area contributed by atoms with E-state index >= 15 is 0 Å². The second-order valence-electron chi connectivity index (χ2n) is 8.78. The molecule has 2 atom stereocenters. The highest BCUT2D eigenvalue weighted by molar-refractivity contribution is 5.91. The van der Waals surface area contributed by atoms with Gasteiger partial charge in [-0.25, -0.2) is 9.18 Å². The van der Waals surface area contributed by atoms with Crippen molar-refractivity contribution in [1.29, 1.82) is 0 Å². The smallest absolute Gasteiger partial charge is 0.408 e. The molecule has 0 saturated carbocycles. The molecule has 36 heavy (non-hydrogen) atoms. The number of carbonyl (C=O) groups excluding carboxylic acids is 2. The number of amides is 2. The van der Waals surface area contributed by atoms with Gasteiger partial charge in [0.1, 0.15) is 18.0 Å². The lowest BCUT2D eigenvalue weighted by molar-refractivity contribution is -0.128. The zero-order valence-corrected chi connectivity index (χ0v) is 19.8. The van der Waals surface area contributed by atoms with Crippen LogP contribution in [0.4, 0.5) is 9.18 Å². The van der Waals surface area contributed by atoms with Crippen molar-refractivity contribution >= 4 is 22.9 Å². The number of H-pyrrole nitrogens is 1. The zero-order chi connectivity index (χ0) is 25.5. The monoisotopic (exact) mass is 489 g/mol. The van der Waals surface area contributed by atoms with E-state index in [0.29, 0.717) is 0 Å². The number of aliphatic hydroxyl groups excluding tert-OH is 1. The normalized spacial score (nSPS) is 13.5. The summed E-state index contributed by atoms with van der Waals surface area (Å²) >= 11 is 0. The molecule has 0 aliphatic rings. The SMILES string of the molecule is CC(Cc1c[nH]c2ccccc12)(NC(=O)OCc1ccccc1F)C(=O)NC(CO)c1ccccc1. The summed E-state index contributed by atoms with van der Waals surface area (Å²) in [5.74, 6) is -0.989. The Morgan fingerprint density at radius 3 is 2.44 bits per heavy atom. The first kappa shape index (κ1) is 24.9. The Bertz CT molecular complexity index is 1340. The number of para-hydroxylation sites is 1. The number of hydrogen-bond donors (Lipinski definition) is 4. The van der Waals surface area contributed by atoms with Gasteiger partial charge >= 0.3 is 6.09 Å². The number of fused-ring (bicyclic) bond motifs is 1. The molecule has 0 spiro atoms. The Balaban J connectivity index is 1.56. The highest BCUT2D eigenvalue weighted by Gasteiger charge is 2.37. The first-order valence-electron chi connectivity index (χ1n) is 11.6. The zero-order valence-electron chi connectivity index (χ0n) is 19.8. The van der Waals surface area contributed by atoms with Crippen molar-refractivity contribution in [3.05, 3.63) is 108 Å². The number of benzene rings is 3. The summed E-state index contributed by atoms with van der Waals surface area (Å²) < 4.78 is 19.2. The largest absolute Gasteiger partial charge is 0.445 e. The highest BCUT2D eigenvalue weighted by atomic mass is 19.1. The van der Waals surface area contributed by atoms with E-state index in [1.165, 1.54) is 12.1 Å². The first-order valence-corrected chi connectivity index (χ1v) is 11.6. The van der Waals surface area contributed by atoms with Crippen LogP contribution < -0.4 is 10.6 Å². The van der Waals surface area contributed by atoms with Crippen molar-refractivity contribution in [3.63, 3.8) is 0 Å². The van der Waals surface area contributed by atoms with Crippen LogP contribution in [0.2, 0.25) is 0 Å². The van der Waals surface area contributed by atoms with Crippen LogP contribution in [0.5, 0.6) is 0 Å². The van der Waals surface area contributed by atoms with Crippen molar-refractivity contribution in [2.24, 2.45) is 0 Å². The maximum absolute atomic E-state index is 13.9. The number of ether oxygens (including phenoxy) is 1. The van der Waals surface area contributed by atoms with Gasteiger partial charge in [-0.05, 0) is 30.2 Å². The molecule has 1 heterocycles. The average Bonchev–Trinajstić information content (AvgIpc) is 3.29. The van der Waals surface area contributed by atoms with Gasteiger partial charge < -0.3 is 25.5 Å². The molecule has 7 nitrogen and oxygen atoms in total. The van der Waals surface area contributed by atoms with Gasteiger partial charge in [-0.1, -0.05) is 66.7 Å². The van der Waals surface area contributed by atoms with Crippen LogP contribution in [0, 0.1) is 5.82 Å². The van der Waals surface area contributed by atoms with Crippen LogP contribution in [-0.2, 0) is 22.6 Å². The van der Waals surface area contributed by atoms with E-state index in [4.69, 9.17) is 4.74 Å². The molecule has 2 unspecified atom stereocenters. The predicted molar refractivity (Wildman–Crippen MR) is 135 cm³/mol. The summed E-state index contributed by atoms with van der Waals surface area (Å²) in [6.07, 6.45) is 1.07. The molecule has 2 amide bonds. The van der Waals surface area contributed by atoms with Gasteiger partial charge in [0.25, 0.3) is 0 Å². The van der Waals surface area contributed by atoms with Crippen molar-refractivity contribution < 1.29 is 23.8 Å². The minimum Gasteiger partial charge on any atom is -0.445 e. The summed E-state index contributed by atoms with van der Waals surface area (Å²) in [6, 6.07) is 22.0. The number of hydrogen-bond acceptors (Lipinski definition) is 4. The second kappa shape index (κ2) is 11.0. The van der Waals surface area contributed by atoms with Crippen molar-refractivity contribution in [2.75, 3.05) is 6.61 Å². The van der Waals surface area contributed by atoms with E-state index in [2.05, 4.69) is 15.6 Å². The van der Waals surface area contributed by atoms with Crippen LogP contribution >= 0.6 is 0 Å². The Morgan fingerprint density at radius 2 is 1.69 bits per heavy atom. The van der Waals surface area contributed by atoms with Crippen LogP contribution in [-0.4, -0.2) is 34.2 Å². The Labute approximate surface area is 208 Å². The number of alkyl carbamates (subject to hydrolysis) is 1.